The molecule has 2 N–H and O–H groups in total. The zero-order valence-corrected chi connectivity index (χ0v) is 13.4. The van der Waals surface area contributed by atoms with Crippen LogP contribution in [0.1, 0.15) is 10.7 Å². The minimum atomic E-state index is -3.61. The summed E-state index contributed by atoms with van der Waals surface area (Å²) in [5, 5.41) is 3.08. The van der Waals surface area contributed by atoms with E-state index in [1.54, 1.807) is 0 Å². The molecule has 0 aliphatic rings. The van der Waals surface area contributed by atoms with Gasteiger partial charge in [0.05, 0.1) is 32.9 Å². The Morgan fingerprint density at radius 2 is 2.15 bits per heavy atom. The van der Waals surface area contributed by atoms with Gasteiger partial charge in [-0.3, -0.25) is 0 Å². The maximum Gasteiger partial charge on any atom is 0.243 e. The summed E-state index contributed by atoms with van der Waals surface area (Å²) in [6.45, 7) is 2.10. The normalized spacial score (nSPS) is 12.0. The van der Waals surface area contributed by atoms with E-state index in [1.807, 2.05) is 12.3 Å². The molecule has 1 heterocycles. The van der Waals surface area contributed by atoms with E-state index in [4.69, 9.17) is 17.3 Å². The first-order valence-electron chi connectivity index (χ1n) is 5.73. The number of anilines is 1. The molecule has 0 aliphatic carbocycles. The molecule has 0 aliphatic heterocycles. The average molecular weight is 332 g/mol. The van der Waals surface area contributed by atoms with Gasteiger partial charge in [0.15, 0.2) is 0 Å². The minimum Gasteiger partial charge on any atom is -0.397 e. The van der Waals surface area contributed by atoms with Gasteiger partial charge < -0.3 is 5.73 Å². The lowest BCUT2D eigenvalue weighted by molar-refractivity contribution is 0.463. The Balaban J connectivity index is 2.27. The van der Waals surface area contributed by atoms with Gasteiger partial charge in [0, 0.05) is 12.4 Å². The molecule has 20 heavy (non-hydrogen) atoms. The van der Waals surface area contributed by atoms with Gasteiger partial charge in [-0.1, -0.05) is 11.6 Å². The van der Waals surface area contributed by atoms with Crippen molar-refractivity contribution in [2.24, 2.45) is 0 Å². The zero-order valence-electron chi connectivity index (χ0n) is 11.0. The number of nitrogen functional groups attached to an aromatic ring is 1. The molecule has 0 saturated carbocycles. The first-order valence-corrected chi connectivity index (χ1v) is 8.43. The monoisotopic (exact) mass is 331 g/mol. The molecule has 1 aromatic carbocycles. The first-order chi connectivity index (χ1) is 9.30. The molecule has 0 fully saturated rings. The van der Waals surface area contributed by atoms with Crippen molar-refractivity contribution in [3.8, 4) is 0 Å². The molecule has 0 unspecified atom stereocenters. The Bertz CT molecular complexity index is 728. The van der Waals surface area contributed by atoms with Gasteiger partial charge in [-0.05, 0) is 25.1 Å². The van der Waals surface area contributed by atoms with Crippen LogP contribution in [0, 0.1) is 6.92 Å². The van der Waals surface area contributed by atoms with Crippen molar-refractivity contribution < 1.29 is 8.42 Å². The van der Waals surface area contributed by atoms with Gasteiger partial charge in [-0.2, -0.15) is 4.31 Å². The molecular weight excluding hydrogens is 318 g/mol. The smallest absolute Gasteiger partial charge is 0.243 e. The summed E-state index contributed by atoms with van der Waals surface area (Å²) in [5.74, 6) is 0. The molecule has 2 aromatic rings. The number of aryl methyl sites for hydroxylation is 1. The molecule has 0 spiro atoms. The lowest BCUT2D eigenvalue weighted by Gasteiger charge is -2.16. The molecule has 0 atom stereocenters. The third kappa shape index (κ3) is 3.12. The topological polar surface area (TPSA) is 76.3 Å². The Hall–Kier alpha value is -1.15. The highest BCUT2D eigenvalue weighted by Gasteiger charge is 2.22. The van der Waals surface area contributed by atoms with E-state index in [-0.39, 0.29) is 17.1 Å². The number of halogens is 1. The quantitative estimate of drug-likeness (QED) is 0.873. The first kappa shape index (κ1) is 15.2. The van der Waals surface area contributed by atoms with Crippen molar-refractivity contribution in [1.29, 1.82) is 0 Å². The molecule has 5 nitrogen and oxygen atoms in total. The number of nitrogens with two attached hydrogens (primary N) is 1. The molecule has 0 bridgehead atoms. The predicted octanol–water partition coefficient (Wildman–Crippen LogP) is 2.51. The van der Waals surface area contributed by atoms with E-state index in [0.717, 1.165) is 10.7 Å². The van der Waals surface area contributed by atoms with Crippen molar-refractivity contribution in [2.45, 2.75) is 18.4 Å². The van der Waals surface area contributed by atoms with Gasteiger partial charge in [0.2, 0.25) is 10.0 Å². The highest BCUT2D eigenvalue weighted by atomic mass is 35.5. The molecule has 2 rings (SSSR count). The van der Waals surface area contributed by atoms with Crippen LogP contribution in [-0.4, -0.2) is 24.8 Å². The Labute approximate surface area is 127 Å². The summed E-state index contributed by atoms with van der Waals surface area (Å²) < 4.78 is 26.1. The fraction of sp³-hybridized carbons (Fsp3) is 0.250. The Kier molecular flexibility index (Phi) is 4.33. The zero-order chi connectivity index (χ0) is 14.9. The number of rotatable bonds is 4. The molecule has 0 amide bonds. The second kappa shape index (κ2) is 5.69. The van der Waals surface area contributed by atoms with Gasteiger partial charge in [-0.15, -0.1) is 11.3 Å². The van der Waals surface area contributed by atoms with Gasteiger partial charge in [0.25, 0.3) is 0 Å². The Morgan fingerprint density at radius 3 is 2.70 bits per heavy atom. The lowest BCUT2D eigenvalue weighted by atomic mass is 10.3. The van der Waals surface area contributed by atoms with Gasteiger partial charge in [-0.25, -0.2) is 13.4 Å². The number of hydrogen-bond donors (Lipinski definition) is 1. The largest absolute Gasteiger partial charge is 0.397 e. The number of hydrogen-bond acceptors (Lipinski definition) is 5. The van der Waals surface area contributed by atoms with E-state index >= 15 is 0 Å². The summed E-state index contributed by atoms with van der Waals surface area (Å²) >= 11 is 7.29. The number of thiazole rings is 1. The van der Waals surface area contributed by atoms with Gasteiger partial charge in [0.1, 0.15) is 0 Å². The maximum absolute atomic E-state index is 12.4. The van der Waals surface area contributed by atoms with Crippen molar-refractivity contribution in [3.05, 3.63) is 39.3 Å². The number of sulfonamides is 1. The van der Waals surface area contributed by atoms with Crippen LogP contribution in [0.3, 0.4) is 0 Å². The van der Waals surface area contributed by atoms with Crippen LogP contribution in [0.25, 0.3) is 0 Å². The summed E-state index contributed by atoms with van der Waals surface area (Å²) in [6.07, 6.45) is 0. The third-order valence-corrected chi connectivity index (χ3v) is 5.69. The fourth-order valence-electron chi connectivity index (χ4n) is 1.66. The molecule has 0 saturated heterocycles. The fourth-order valence-corrected chi connectivity index (χ4v) is 3.56. The average Bonchev–Trinajstić information content (AvgIpc) is 2.78. The lowest BCUT2D eigenvalue weighted by Crippen LogP contribution is -2.26. The van der Waals surface area contributed by atoms with Crippen LogP contribution in [0.5, 0.6) is 0 Å². The standard InChI is InChI=1S/C12H14ClN3O2S2/c1-8-15-9(7-19-8)6-16(2)20(17,18)10-3-4-11(13)12(14)5-10/h3-5,7H,6,14H2,1-2H3. The molecule has 0 radical (unpaired) electrons. The van der Waals surface area contributed by atoms with Crippen LogP contribution in [0.15, 0.2) is 28.5 Å². The van der Waals surface area contributed by atoms with Crippen LogP contribution in [0.4, 0.5) is 5.69 Å². The van der Waals surface area contributed by atoms with E-state index in [9.17, 15) is 8.42 Å². The van der Waals surface area contributed by atoms with E-state index in [1.165, 1.54) is 40.9 Å². The van der Waals surface area contributed by atoms with Crippen LogP contribution in [-0.2, 0) is 16.6 Å². The van der Waals surface area contributed by atoms with Crippen molar-refractivity contribution >= 4 is 38.6 Å². The molecule has 1 aromatic heterocycles. The van der Waals surface area contributed by atoms with E-state index in [2.05, 4.69) is 4.98 Å². The van der Waals surface area contributed by atoms with E-state index in [0.29, 0.717) is 5.02 Å². The molecule has 8 heteroatoms. The van der Waals surface area contributed by atoms with Crippen LogP contribution in [0.2, 0.25) is 5.02 Å². The summed E-state index contributed by atoms with van der Waals surface area (Å²) in [7, 11) is -2.10. The highest BCUT2D eigenvalue weighted by Crippen LogP contribution is 2.24. The second-order valence-electron chi connectivity index (χ2n) is 4.30. The summed E-state index contributed by atoms with van der Waals surface area (Å²) in [6, 6.07) is 4.28. The summed E-state index contributed by atoms with van der Waals surface area (Å²) in [5.41, 5.74) is 6.61. The SMILES string of the molecule is Cc1nc(CN(C)S(=O)(=O)c2ccc(Cl)c(N)c2)cs1. The summed E-state index contributed by atoms with van der Waals surface area (Å²) in [4.78, 5) is 4.38. The molecule has 108 valence electrons. The van der Waals surface area contributed by atoms with Crippen molar-refractivity contribution in [3.63, 3.8) is 0 Å². The minimum absolute atomic E-state index is 0.119. The van der Waals surface area contributed by atoms with Crippen molar-refractivity contribution in [2.75, 3.05) is 12.8 Å². The second-order valence-corrected chi connectivity index (χ2v) is 7.82. The predicted molar refractivity (Wildman–Crippen MR) is 81.4 cm³/mol. The maximum atomic E-state index is 12.4. The third-order valence-electron chi connectivity index (χ3n) is 2.73. The van der Waals surface area contributed by atoms with Crippen LogP contribution >= 0.6 is 22.9 Å². The number of benzene rings is 1. The molecular formula is C12H14ClN3O2S2. The highest BCUT2D eigenvalue weighted by molar-refractivity contribution is 7.89. The Morgan fingerprint density at radius 1 is 1.45 bits per heavy atom. The number of nitrogens with zero attached hydrogens (tertiary/aromatic N) is 2. The van der Waals surface area contributed by atoms with Crippen molar-refractivity contribution in [1.82, 2.24) is 9.29 Å². The van der Waals surface area contributed by atoms with Crippen LogP contribution < -0.4 is 5.73 Å². The number of aromatic nitrogens is 1. The van der Waals surface area contributed by atoms with E-state index < -0.39 is 10.0 Å². The van der Waals surface area contributed by atoms with Gasteiger partial charge >= 0.3 is 0 Å².